The largest absolute Gasteiger partial charge is 0.457 e. The molecular formula is C21H18ClNO2S. The topological polar surface area (TPSA) is 38.3 Å². The minimum Gasteiger partial charge on any atom is -0.457 e. The van der Waals surface area contributed by atoms with E-state index in [-0.39, 0.29) is 5.91 Å². The highest BCUT2D eigenvalue weighted by Gasteiger charge is 2.05. The Labute approximate surface area is 162 Å². The number of nitrogens with one attached hydrogen (secondary N) is 1. The monoisotopic (exact) mass is 383 g/mol. The first-order valence-electron chi connectivity index (χ1n) is 8.15. The first kappa shape index (κ1) is 18.4. The molecule has 1 amide bonds. The van der Waals surface area contributed by atoms with Gasteiger partial charge in [-0.25, -0.2) is 0 Å². The van der Waals surface area contributed by atoms with Gasteiger partial charge in [0.1, 0.15) is 11.5 Å². The lowest BCUT2D eigenvalue weighted by molar-refractivity contribution is -0.113. The van der Waals surface area contributed by atoms with Gasteiger partial charge in [-0.1, -0.05) is 48.0 Å². The third-order valence-corrected chi connectivity index (χ3v) is 4.92. The van der Waals surface area contributed by atoms with Crippen molar-refractivity contribution in [3.63, 3.8) is 0 Å². The van der Waals surface area contributed by atoms with Crippen LogP contribution in [0, 0.1) is 0 Å². The minimum absolute atomic E-state index is 0.0428. The number of halogens is 1. The molecule has 0 fully saturated rings. The molecule has 0 bridgehead atoms. The van der Waals surface area contributed by atoms with E-state index >= 15 is 0 Å². The maximum absolute atomic E-state index is 12.1. The van der Waals surface area contributed by atoms with E-state index in [0.717, 1.165) is 27.8 Å². The molecule has 3 nitrogen and oxygen atoms in total. The molecular weight excluding hydrogens is 366 g/mol. The zero-order chi connectivity index (χ0) is 18.2. The molecule has 5 heteroatoms. The third kappa shape index (κ3) is 5.55. The SMILES string of the molecule is O=C(CSCc1ccccc1Cl)Nc1ccc(Oc2ccccc2)cc1. The first-order valence-corrected chi connectivity index (χ1v) is 9.68. The molecule has 3 aromatic carbocycles. The summed E-state index contributed by atoms with van der Waals surface area (Å²) in [5, 5.41) is 3.62. The van der Waals surface area contributed by atoms with E-state index in [4.69, 9.17) is 16.3 Å². The zero-order valence-electron chi connectivity index (χ0n) is 14.0. The van der Waals surface area contributed by atoms with Crippen molar-refractivity contribution in [2.45, 2.75) is 5.75 Å². The number of rotatable bonds is 7. The number of carbonyl (C=O) groups is 1. The first-order chi connectivity index (χ1) is 12.7. The molecule has 3 aromatic rings. The van der Waals surface area contributed by atoms with E-state index in [2.05, 4.69) is 5.32 Å². The van der Waals surface area contributed by atoms with Crippen LogP contribution in [0.4, 0.5) is 5.69 Å². The molecule has 0 aliphatic carbocycles. The molecule has 0 unspecified atom stereocenters. The number of para-hydroxylation sites is 1. The molecule has 1 N–H and O–H groups in total. The van der Waals surface area contributed by atoms with Gasteiger partial charge in [-0.05, 0) is 48.0 Å². The van der Waals surface area contributed by atoms with Crippen molar-refractivity contribution in [3.05, 3.63) is 89.4 Å². The lowest BCUT2D eigenvalue weighted by Crippen LogP contribution is -2.14. The van der Waals surface area contributed by atoms with Crippen LogP contribution in [0.5, 0.6) is 11.5 Å². The number of ether oxygens (including phenoxy) is 1. The molecule has 0 aliphatic rings. The molecule has 26 heavy (non-hydrogen) atoms. The highest BCUT2D eigenvalue weighted by Crippen LogP contribution is 2.23. The molecule has 132 valence electrons. The second kappa shape index (κ2) is 9.32. The van der Waals surface area contributed by atoms with Gasteiger partial charge in [-0.15, -0.1) is 11.8 Å². The van der Waals surface area contributed by atoms with Gasteiger partial charge in [0, 0.05) is 16.5 Å². The highest BCUT2D eigenvalue weighted by atomic mass is 35.5. The quantitative estimate of drug-likeness (QED) is 0.543. The standard InChI is InChI=1S/C21H18ClNO2S/c22-20-9-5-4-6-16(20)14-26-15-21(24)23-17-10-12-19(13-11-17)25-18-7-2-1-3-8-18/h1-13H,14-15H2,(H,23,24). The molecule has 0 spiro atoms. The van der Waals surface area contributed by atoms with Gasteiger partial charge in [-0.2, -0.15) is 0 Å². The van der Waals surface area contributed by atoms with E-state index in [1.807, 2.05) is 78.9 Å². The summed E-state index contributed by atoms with van der Waals surface area (Å²) in [7, 11) is 0. The summed E-state index contributed by atoms with van der Waals surface area (Å²) in [5.74, 6) is 2.53. The summed E-state index contributed by atoms with van der Waals surface area (Å²) in [6.45, 7) is 0. The summed E-state index contributed by atoms with van der Waals surface area (Å²) >= 11 is 7.65. The lowest BCUT2D eigenvalue weighted by atomic mass is 10.2. The maximum atomic E-state index is 12.1. The Balaban J connectivity index is 1.46. The number of hydrogen-bond donors (Lipinski definition) is 1. The normalized spacial score (nSPS) is 10.3. The van der Waals surface area contributed by atoms with Crippen molar-refractivity contribution in [2.24, 2.45) is 0 Å². The summed E-state index contributed by atoms with van der Waals surface area (Å²) in [6, 6.07) is 24.6. The molecule has 0 saturated carbocycles. The van der Waals surface area contributed by atoms with E-state index in [9.17, 15) is 4.79 Å². The third-order valence-electron chi connectivity index (χ3n) is 3.57. The fourth-order valence-electron chi connectivity index (χ4n) is 2.30. The summed E-state index contributed by atoms with van der Waals surface area (Å²) in [6.07, 6.45) is 0. The van der Waals surface area contributed by atoms with Crippen molar-refractivity contribution in [2.75, 3.05) is 11.1 Å². The molecule has 0 saturated heterocycles. The molecule has 3 rings (SSSR count). The minimum atomic E-state index is -0.0428. The van der Waals surface area contributed by atoms with Crippen LogP contribution in [0.3, 0.4) is 0 Å². The Hall–Kier alpha value is -2.43. The van der Waals surface area contributed by atoms with Crippen LogP contribution < -0.4 is 10.1 Å². The van der Waals surface area contributed by atoms with Crippen molar-refractivity contribution >= 4 is 35.0 Å². The maximum Gasteiger partial charge on any atom is 0.234 e. The zero-order valence-corrected chi connectivity index (χ0v) is 15.6. The predicted octanol–water partition coefficient (Wildman–Crippen LogP) is 6.00. The number of benzene rings is 3. The van der Waals surface area contributed by atoms with Crippen molar-refractivity contribution in [1.82, 2.24) is 0 Å². The Morgan fingerprint density at radius 1 is 0.885 bits per heavy atom. The van der Waals surface area contributed by atoms with Gasteiger partial charge in [0.25, 0.3) is 0 Å². The number of thioether (sulfide) groups is 1. The summed E-state index contributed by atoms with van der Waals surface area (Å²) in [5.41, 5.74) is 1.78. The molecule has 0 aromatic heterocycles. The molecule has 0 heterocycles. The number of hydrogen-bond acceptors (Lipinski definition) is 3. The van der Waals surface area contributed by atoms with E-state index < -0.39 is 0 Å². The van der Waals surface area contributed by atoms with Crippen LogP contribution in [0.15, 0.2) is 78.9 Å². The predicted molar refractivity (Wildman–Crippen MR) is 109 cm³/mol. The fourth-order valence-corrected chi connectivity index (χ4v) is 3.41. The molecule has 0 atom stereocenters. The van der Waals surface area contributed by atoms with E-state index in [1.165, 1.54) is 11.8 Å². The van der Waals surface area contributed by atoms with Crippen LogP contribution in [0.2, 0.25) is 5.02 Å². The van der Waals surface area contributed by atoms with Crippen LogP contribution in [0.1, 0.15) is 5.56 Å². The van der Waals surface area contributed by atoms with Gasteiger partial charge >= 0.3 is 0 Å². The highest BCUT2D eigenvalue weighted by molar-refractivity contribution is 7.99. The Morgan fingerprint density at radius 2 is 1.54 bits per heavy atom. The van der Waals surface area contributed by atoms with Crippen LogP contribution >= 0.6 is 23.4 Å². The Morgan fingerprint density at radius 3 is 2.27 bits per heavy atom. The average molecular weight is 384 g/mol. The van der Waals surface area contributed by atoms with Crippen molar-refractivity contribution in [3.8, 4) is 11.5 Å². The fraction of sp³-hybridized carbons (Fsp3) is 0.0952. The van der Waals surface area contributed by atoms with Gasteiger partial charge in [0.05, 0.1) is 5.75 Å². The second-order valence-corrected chi connectivity index (χ2v) is 6.96. The number of amides is 1. The average Bonchev–Trinajstić information content (AvgIpc) is 2.66. The van der Waals surface area contributed by atoms with Gasteiger partial charge in [0.15, 0.2) is 0 Å². The summed E-state index contributed by atoms with van der Waals surface area (Å²) in [4.78, 5) is 12.1. The van der Waals surface area contributed by atoms with Crippen LogP contribution in [0.25, 0.3) is 0 Å². The number of anilines is 1. The van der Waals surface area contributed by atoms with Crippen molar-refractivity contribution in [1.29, 1.82) is 0 Å². The van der Waals surface area contributed by atoms with Crippen LogP contribution in [-0.4, -0.2) is 11.7 Å². The van der Waals surface area contributed by atoms with Crippen LogP contribution in [-0.2, 0) is 10.5 Å². The van der Waals surface area contributed by atoms with E-state index in [0.29, 0.717) is 11.5 Å². The smallest absolute Gasteiger partial charge is 0.234 e. The number of carbonyl (C=O) groups excluding carboxylic acids is 1. The van der Waals surface area contributed by atoms with Crippen molar-refractivity contribution < 1.29 is 9.53 Å². The Kier molecular flexibility index (Phi) is 6.58. The molecule has 0 aliphatic heterocycles. The Bertz CT molecular complexity index is 853. The molecule has 0 radical (unpaired) electrons. The lowest BCUT2D eigenvalue weighted by Gasteiger charge is -2.08. The van der Waals surface area contributed by atoms with Gasteiger partial charge < -0.3 is 10.1 Å². The van der Waals surface area contributed by atoms with E-state index in [1.54, 1.807) is 0 Å². The summed E-state index contributed by atoms with van der Waals surface area (Å²) < 4.78 is 5.73. The van der Waals surface area contributed by atoms with Gasteiger partial charge in [-0.3, -0.25) is 4.79 Å². The van der Waals surface area contributed by atoms with Gasteiger partial charge in [0.2, 0.25) is 5.91 Å². The second-order valence-electron chi connectivity index (χ2n) is 5.57.